The highest BCUT2D eigenvalue weighted by Crippen LogP contribution is 1.99. The van der Waals surface area contributed by atoms with E-state index < -0.39 is 12.0 Å². The van der Waals surface area contributed by atoms with Gasteiger partial charge in [0.15, 0.2) is 0 Å². The monoisotopic (exact) mass is 227 g/mol. The topological polar surface area (TPSA) is 75.6 Å². The molecule has 1 atom stereocenters. The predicted octanol–water partition coefficient (Wildman–Crippen LogP) is 0.396. The Kier molecular flexibility index (Phi) is 7.90. The number of carbonyl (C=O) groups is 2. The van der Waals surface area contributed by atoms with Crippen molar-refractivity contribution in [1.82, 2.24) is 5.32 Å². The average Bonchev–Trinajstić information content (AvgIpc) is 2.25. The fraction of sp³-hybridized carbons (Fsp3) is 0.636. The van der Waals surface area contributed by atoms with E-state index in [0.29, 0.717) is 25.9 Å². The molecule has 0 bridgehead atoms. The standard InChI is InChI=1S/C11H17NO4/c1-3-4-7-10(13)12-9(11(14)15)6-5-8-16-2/h1,9H,4-8H2,2H3,(H,12,13)(H,14,15). The van der Waals surface area contributed by atoms with Crippen molar-refractivity contribution >= 4 is 11.9 Å². The summed E-state index contributed by atoms with van der Waals surface area (Å²) in [4.78, 5) is 22.1. The average molecular weight is 227 g/mol. The van der Waals surface area contributed by atoms with Crippen molar-refractivity contribution in [3.63, 3.8) is 0 Å². The maximum absolute atomic E-state index is 11.2. The van der Waals surface area contributed by atoms with E-state index in [9.17, 15) is 9.59 Å². The molecule has 5 heteroatoms. The second kappa shape index (κ2) is 8.74. The molecule has 16 heavy (non-hydrogen) atoms. The van der Waals surface area contributed by atoms with Gasteiger partial charge in [0.1, 0.15) is 6.04 Å². The van der Waals surface area contributed by atoms with E-state index in [4.69, 9.17) is 16.3 Å². The number of aliphatic carboxylic acids is 1. The van der Waals surface area contributed by atoms with Crippen LogP contribution < -0.4 is 5.32 Å². The number of rotatable bonds is 8. The Balaban J connectivity index is 3.98. The van der Waals surface area contributed by atoms with Crippen LogP contribution in [0.5, 0.6) is 0 Å². The molecule has 0 aromatic rings. The third-order valence-corrected chi connectivity index (χ3v) is 1.97. The third kappa shape index (κ3) is 6.85. The maximum atomic E-state index is 11.2. The summed E-state index contributed by atoms with van der Waals surface area (Å²) in [5.41, 5.74) is 0. The number of amides is 1. The molecule has 0 radical (unpaired) electrons. The first-order valence-corrected chi connectivity index (χ1v) is 5.06. The summed E-state index contributed by atoms with van der Waals surface area (Å²) in [6, 6.07) is -0.861. The van der Waals surface area contributed by atoms with E-state index in [1.54, 1.807) is 7.11 Å². The molecule has 0 spiro atoms. The normalized spacial score (nSPS) is 11.5. The van der Waals surface area contributed by atoms with Crippen LogP contribution in [0.3, 0.4) is 0 Å². The Morgan fingerprint density at radius 1 is 1.56 bits per heavy atom. The highest BCUT2D eigenvalue weighted by molar-refractivity contribution is 5.83. The molecule has 0 aromatic carbocycles. The Bertz CT molecular complexity index is 270. The van der Waals surface area contributed by atoms with Gasteiger partial charge in [0, 0.05) is 26.6 Å². The van der Waals surface area contributed by atoms with Gasteiger partial charge < -0.3 is 15.2 Å². The van der Waals surface area contributed by atoms with Crippen LogP contribution in [0.1, 0.15) is 25.7 Å². The molecule has 1 amide bonds. The SMILES string of the molecule is C#CCCC(=O)NC(CCCOC)C(=O)O. The molecule has 0 saturated carbocycles. The molecule has 0 aliphatic rings. The summed E-state index contributed by atoms with van der Waals surface area (Å²) < 4.78 is 4.81. The fourth-order valence-electron chi connectivity index (χ4n) is 1.14. The molecular weight excluding hydrogens is 210 g/mol. The van der Waals surface area contributed by atoms with Crippen molar-refractivity contribution in [3.05, 3.63) is 0 Å². The first kappa shape index (κ1) is 14.5. The van der Waals surface area contributed by atoms with Crippen LogP contribution in [-0.4, -0.2) is 36.7 Å². The molecule has 0 aromatic heterocycles. The van der Waals surface area contributed by atoms with Crippen molar-refractivity contribution in [2.75, 3.05) is 13.7 Å². The molecule has 90 valence electrons. The van der Waals surface area contributed by atoms with Crippen LogP contribution >= 0.6 is 0 Å². The highest BCUT2D eigenvalue weighted by atomic mass is 16.5. The lowest BCUT2D eigenvalue weighted by atomic mass is 10.1. The largest absolute Gasteiger partial charge is 0.480 e. The number of carboxylic acids is 1. The highest BCUT2D eigenvalue weighted by Gasteiger charge is 2.18. The lowest BCUT2D eigenvalue weighted by Crippen LogP contribution is -2.40. The lowest BCUT2D eigenvalue weighted by Gasteiger charge is -2.13. The third-order valence-electron chi connectivity index (χ3n) is 1.97. The van der Waals surface area contributed by atoms with Crippen molar-refractivity contribution in [2.45, 2.75) is 31.7 Å². The van der Waals surface area contributed by atoms with Gasteiger partial charge in [0.25, 0.3) is 0 Å². The summed E-state index contributed by atoms with van der Waals surface area (Å²) in [6.07, 6.45) is 6.41. The molecule has 0 aliphatic carbocycles. The Hall–Kier alpha value is -1.54. The van der Waals surface area contributed by atoms with Crippen molar-refractivity contribution in [2.24, 2.45) is 0 Å². The number of nitrogens with one attached hydrogen (secondary N) is 1. The number of hydrogen-bond acceptors (Lipinski definition) is 3. The number of methoxy groups -OCH3 is 1. The summed E-state index contributed by atoms with van der Waals surface area (Å²) in [5, 5.41) is 11.3. The fourth-order valence-corrected chi connectivity index (χ4v) is 1.14. The van der Waals surface area contributed by atoms with Gasteiger partial charge in [-0.15, -0.1) is 12.3 Å². The smallest absolute Gasteiger partial charge is 0.326 e. The minimum absolute atomic E-state index is 0.157. The van der Waals surface area contributed by atoms with Crippen molar-refractivity contribution < 1.29 is 19.4 Å². The summed E-state index contributed by atoms with van der Waals surface area (Å²) in [6.45, 7) is 0.476. The predicted molar refractivity (Wildman–Crippen MR) is 58.7 cm³/mol. The van der Waals surface area contributed by atoms with Gasteiger partial charge >= 0.3 is 5.97 Å². The van der Waals surface area contributed by atoms with Gasteiger partial charge in [-0.05, 0) is 12.8 Å². The second-order valence-electron chi connectivity index (χ2n) is 3.30. The number of carboxylic acid groups (broad SMARTS) is 1. The zero-order valence-electron chi connectivity index (χ0n) is 9.36. The molecule has 0 saturated heterocycles. The number of terminal acetylenes is 1. The van der Waals surface area contributed by atoms with E-state index in [-0.39, 0.29) is 12.3 Å². The van der Waals surface area contributed by atoms with Crippen LogP contribution in [0.15, 0.2) is 0 Å². The first-order chi connectivity index (χ1) is 7.61. The lowest BCUT2D eigenvalue weighted by molar-refractivity contribution is -0.142. The van der Waals surface area contributed by atoms with Crippen LogP contribution in [0.25, 0.3) is 0 Å². The van der Waals surface area contributed by atoms with Gasteiger partial charge in [-0.2, -0.15) is 0 Å². The molecule has 1 unspecified atom stereocenters. The Labute approximate surface area is 95.2 Å². The van der Waals surface area contributed by atoms with Gasteiger partial charge in [-0.3, -0.25) is 4.79 Å². The second-order valence-corrected chi connectivity index (χ2v) is 3.30. The van der Waals surface area contributed by atoms with Crippen LogP contribution in [0.2, 0.25) is 0 Å². The quantitative estimate of drug-likeness (QED) is 0.465. The van der Waals surface area contributed by atoms with E-state index >= 15 is 0 Å². The van der Waals surface area contributed by atoms with E-state index in [2.05, 4.69) is 11.2 Å². The van der Waals surface area contributed by atoms with Gasteiger partial charge in [0.05, 0.1) is 0 Å². The molecule has 5 nitrogen and oxygen atoms in total. The van der Waals surface area contributed by atoms with Crippen molar-refractivity contribution in [3.8, 4) is 12.3 Å². The number of hydrogen-bond donors (Lipinski definition) is 2. The summed E-state index contributed by atoms with van der Waals surface area (Å²) in [5.74, 6) is 0.957. The van der Waals surface area contributed by atoms with Crippen LogP contribution in [-0.2, 0) is 14.3 Å². The van der Waals surface area contributed by atoms with Gasteiger partial charge in [-0.1, -0.05) is 0 Å². The Morgan fingerprint density at radius 3 is 2.75 bits per heavy atom. The van der Waals surface area contributed by atoms with E-state index in [1.807, 2.05) is 0 Å². The summed E-state index contributed by atoms with van der Waals surface area (Å²) >= 11 is 0. The molecule has 2 N–H and O–H groups in total. The maximum Gasteiger partial charge on any atom is 0.326 e. The van der Waals surface area contributed by atoms with Crippen LogP contribution in [0, 0.1) is 12.3 Å². The van der Waals surface area contributed by atoms with Crippen molar-refractivity contribution in [1.29, 1.82) is 0 Å². The molecule has 0 rings (SSSR count). The minimum Gasteiger partial charge on any atom is -0.480 e. The first-order valence-electron chi connectivity index (χ1n) is 5.06. The van der Waals surface area contributed by atoms with E-state index in [1.165, 1.54) is 0 Å². The number of ether oxygens (including phenoxy) is 1. The summed E-state index contributed by atoms with van der Waals surface area (Å²) in [7, 11) is 1.54. The Morgan fingerprint density at radius 2 is 2.25 bits per heavy atom. The molecule has 0 aliphatic heterocycles. The zero-order chi connectivity index (χ0) is 12.4. The molecular formula is C11H17NO4. The van der Waals surface area contributed by atoms with Crippen LogP contribution in [0.4, 0.5) is 0 Å². The van der Waals surface area contributed by atoms with Gasteiger partial charge in [0.2, 0.25) is 5.91 Å². The molecule has 0 heterocycles. The van der Waals surface area contributed by atoms with E-state index in [0.717, 1.165) is 0 Å². The number of carbonyl (C=O) groups excluding carboxylic acids is 1. The minimum atomic E-state index is -1.04. The zero-order valence-corrected chi connectivity index (χ0v) is 9.36. The molecule has 0 fully saturated rings. The van der Waals surface area contributed by atoms with Gasteiger partial charge in [-0.25, -0.2) is 4.79 Å².